The minimum absolute atomic E-state index is 0.0468. The third-order valence-corrected chi connectivity index (χ3v) is 5.34. The standard InChI is InChI=1S/C20H33N5O/c1-23-12-14-25(15-13-23)17-18-4-2-5-19(16-18)20(26)22-6-3-9-24-10-7-21-8-11-24/h2,4-5,16,21H,3,6-15,17H2,1H3,(H,22,26). The fourth-order valence-electron chi connectivity index (χ4n) is 3.62. The molecule has 0 radical (unpaired) electrons. The van der Waals surface area contributed by atoms with Gasteiger partial charge in [-0.1, -0.05) is 12.1 Å². The lowest BCUT2D eigenvalue weighted by molar-refractivity contribution is 0.0951. The summed E-state index contributed by atoms with van der Waals surface area (Å²) in [6, 6.07) is 8.09. The Balaban J connectivity index is 1.41. The smallest absolute Gasteiger partial charge is 0.251 e. The summed E-state index contributed by atoms with van der Waals surface area (Å²) < 4.78 is 0. The van der Waals surface area contributed by atoms with E-state index in [0.29, 0.717) is 0 Å². The number of nitrogens with one attached hydrogen (secondary N) is 2. The second kappa shape index (κ2) is 10.0. The molecule has 3 rings (SSSR count). The fourth-order valence-corrected chi connectivity index (χ4v) is 3.62. The Bertz CT molecular complexity index is 565. The Labute approximate surface area is 157 Å². The van der Waals surface area contributed by atoms with Gasteiger partial charge in [0.25, 0.3) is 5.91 Å². The number of likely N-dealkylation sites (N-methyl/N-ethyl adjacent to an activating group) is 1. The maximum atomic E-state index is 12.4. The van der Waals surface area contributed by atoms with Crippen LogP contribution in [0.2, 0.25) is 0 Å². The molecule has 0 atom stereocenters. The molecule has 2 N–H and O–H groups in total. The van der Waals surface area contributed by atoms with Gasteiger partial charge in [0.2, 0.25) is 0 Å². The Morgan fingerprint density at radius 3 is 2.62 bits per heavy atom. The number of carbonyl (C=O) groups excluding carboxylic acids is 1. The molecule has 2 aliphatic heterocycles. The largest absolute Gasteiger partial charge is 0.352 e. The number of benzene rings is 1. The highest BCUT2D eigenvalue weighted by atomic mass is 16.1. The number of amides is 1. The zero-order valence-corrected chi connectivity index (χ0v) is 16.0. The molecule has 144 valence electrons. The minimum atomic E-state index is 0.0468. The summed E-state index contributed by atoms with van der Waals surface area (Å²) in [6.07, 6.45) is 1.01. The molecular weight excluding hydrogens is 326 g/mol. The van der Waals surface area contributed by atoms with Crippen LogP contribution in [0.25, 0.3) is 0 Å². The van der Waals surface area contributed by atoms with E-state index in [1.165, 1.54) is 5.56 Å². The van der Waals surface area contributed by atoms with Crippen LogP contribution < -0.4 is 10.6 Å². The summed E-state index contributed by atoms with van der Waals surface area (Å²) in [4.78, 5) is 19.7. The van der Waals surface area contributed by atoms with Gasteiger partial charge in [-0.15, -0.1) is 0 Å². The van der Waals surface area contributed by atoms with Crippen LogP contribution in [-0.2, 0) is 6.54 Å². The highest BCUT2D eigenvalue weighted by molar-refractivity contribution is 5.94. The monoisotopic (exact) mass is 359 g/mol. The first kappa shape index (κ1) is 19.3. The van der Waals surface area contributed by atoms with Crippen molar-refractivity contribution >= 4 is 5.91 Å². The molecule has 6 nitrogen and oxygen atoms in total. The van der Waals surface area contributed by atoms with Gasteiger partial charge in [-0.05, 0) is 37.7 Å². The molecule has 6 heteroatoms. The zero-order valence-electron chi connectivity index (χ0n) is 16.0. The Hall–Kier alpha value is -1.47. The number of hydrogen-bond donors (Lipinski definition) is 2. The van der Waals surface area contributed by atoms with E-state index in [0.717, 1.165) is 84.0 Å². The summed E-state index contributed by atoms with van der Waals surface area (Å²) in [5.41, 5.74) is 2.00. The van der Waals surface area contributed by atoms with Gasteiger partial charge in [-0.3, -0.25) is 9.69 Å². The SMILES string of the molecule is CN1CCN(Cc2cccc(C(=O)NCCCN3CCNCC3)c2)CC1. The van der Waals surface area contributed by atoms with Crippen LogP contribution in [0.4, 0.5) is 0 Å². The van der Waals surface area contributed by atoms with Crippen LogP contribution >= 0.6 is 0 Å². The average Bonchev–Trinajstić information content (AvgIpc) is 2.68. The molecule has 0 aliphatic carbocycles. The lowest BCUT2D eigenvalue weighted by Crippen LogP contribution is -2.44. The van der Waals surface area contributed by atoms with Crippen molar-refractivity contribution in [3.8, 4) is 0 Å². The number of piperazine rings is 2. The summed E-state index contributed by atoms with van der Waals surface area (Å²) in [5, 5.41) is 6.44. The molecule has 0 unspecified atom stereocenters. The third-order valence-electron chi connectivity index (χ3n) is 5.34. The number of rotatable bonds is 7. The molecule has 0 spiro atoms. The molecule has 2 fully saturated rings. The number of nitrogens with zero attached hydrogens (tertiary/aromatic N) is 3. The van der Waals surface area contributed by atoms with Crippen LogP contribution in [0.5, 0.6) is 0 Å². The zero-order chi connectivity index (χ0) is 18.2. The lowest BCUT2D eigenvalue weighted by atomic mass is 10.1. The maximum Gasteiger partial charge on any atom is 0.251 e. The highest BCUT2D eigenvalue weighted by Crippen LogP contribution is 2.10. The van der Waals surface area contributed by atoms with Crippen LogP contribution in [0, 0.1) is 0 Å². The molecule has 0 aromatic heterocycles. The molecular formula is C20H33N5O. The van der Waals surface area contributed by atoms with Crippen molar-refractivity contribution in [3.05, 3.63) is 35.4 Å². The highest BCUT2D eigenvalue weighted by Gasteiger charge is 2.15. The van der Waals surface area contributed by atoms with Gasteiger partial charge < -0.3 is 20.4 Å². The molecule has 0 bridgehead atoms. The van der Waals surface area contributed by atoms with E-state index in [1.54, 1.807) is 0 Å². The molecule has 0 saturated carbocycles. The molecule has 1 aromatic carbocycles. The minimum Gasteiger partial charge on any atom is -0.352 e. The molecule has 1 aromatic rings. The van der Waals surface area contributed by atoms with Crippen molar-refractivity contribution in [3.63, 3.8) is 0 Å². The predicted molar refractivity (Wildman–Crippen MR) is 105 cm³/mol. The van der Waals surface area contributed by atoms with Crippen molar-refractivity contribution in [1.29, 1.82) is 0 Å². The second-order valence-electron chi connectivity index (χ2n) is 7.48. The van der Waals surface area contributed by atoms with Gasteiger partial charge in [0, 0.05) is 71.0 Å². The van der Waals surface area contributed by atoms with E-state index in [-0.39, 0.29) is 5.91 Å². The van der Waals surface area contributed by atoms with Crippen molar-refractivity contribution in [2.24, 2.45) is 0 Å². The van der Waals surface area contributed by atoms with E-state index < -0.39 is 0 Å². The van der Waals surface area contributed by atoms with E-state index in [4.69, 9.17) is 0 Å². The first-order valence-corrected chi connectivity index (χ1v) is 9.92. The molecule has 2 aliphatic rings. The Morgan fingerprint density at radius 2 is 1.85 bits per heavy atom. The first-order chi connectivity index (χ1) is 12.7. The molecule has 2 heterocycles. The number of hydrogen-bond acceptors (Lipinski definition) is 5. The Kier molecular flexibility index (Phi) is 7.43. The van der Waals surface area contributed by atoms with Crippen LogP contribution in [0.15, 0.2) is 24.3 Å². The quantitative estimate of drug-likeness (QED) is 0.693. The van der Waals surface area contributed by atoms with Crippen molar-refractivity contribution in [2.75, 3.05) is 72.5 Å². The van der Waals surface area contributed by atoms with Gasteiger partial charge in [-0.25, -0.2) is 0 Å². The maximum absolute atomic E-state index is 12.4. The van der Waals surface area contributed by atoms with Gasteiger partial charge in [-0.2, -0.15) is 0 Å². The average molecular weight is 360 g/mol. The summed E-state index contributed by atoms with van der Waals surface area (Å²) in [5.74, 6) is 0.0468. The van der Waals surface area contributed by atoms with Crippen molar-refractivity contribution in [2.45, 2.75) is 13.0 Å². The Morgan fingerprint density at radius 1 is 1.08 bits per heavy atom. The van der Waals surface area contributed by atoms with Crippen LogP contribution in [0.3, 0.4) is 0 Å². The summed E-state index contributed by atoms with van der Waals surface area (Å²) >= 11 is 0. The second-order valence-corrected chi connectivity index (χ2v) is 7.48. The van der Waals surface area contributed by atoms with Gasteiger partial charge in [0.15, 0.2) is 0 Å². The van der Waals surface area contributed by atoms with Crippen LogP contribution in [-0.4, -0.2) is 93.1 Å². The van der Waals surface area contributed by atoms with Gasteiger partial charge in [0.1, 0.15) is 0 Å². The predicted octanol–water partition coefficient (Wildman–Crippen LogP) is 0.459. The summed E-state index contributed by atoms with van der Waals surface area (Å²) in [7, 11) is 2.17. The lowest BCUT2D eigenvalue weighted by Gasteiger charge is -2.32. The van der Waals surface area contributed by atoms with Gasteiger partial charge in [0.05, 0.1) is 0 Å². The molecule has 26 heavy (non-hydrogen) atoms. The van der Waals surface area contributed by atoms with Crippen molar-refractivity contribution in [1.82, 2.24) is 25.3 Å². The number of carbonyl (C=O) groups is 1. The third kappa shape index (κ3) is 6.06. The molecule has 2 saturated heterocycles. The molecule has 1 amide bonds. The van der Waals surface area contributed by atoms with E-state index in [9.17, 15) is 4.79 Å². The fraction of sp³-hybridized carbons (Fsp3) is 0.650. The summed E-state index contributed by atoms with van der Waals surface area (Å²) in [6.45, 7) is 11.5. The first-order valence-electron chi connectivity index (χ1n) is 9.92. The van der Waals surface area contributed by atoms with E-state index >= 15 is 0 Å². The van der Waals surface area contributed by atoms with Crippen molar-refractivity contribution < 1.29 is 4.79 Å². The van der Waals surface area contributed by atoms with E-state index in [2.05, 4.69) is 38.4 Å². The van der Waals surface area contributed by atoms with Gasteiger partial charge >= 0.3 is 0 Å². The van der Waals surface area contributed by atoms with E-state index in [1.807, 2.05) is 18.2 Å². The normalized spacial score (nSPS) is 20.2. The topological polar surface area (TPSA) is 50.9 Å². The van der Waals surface area contributed by atoms with Crippen LogP contribution in [0.1, 0.15) is 22.3 Å².